The largest absolute Gasteiger partial charge is 1.00 e. The third-order valence-corrected chi connectivity index (χ3v) is 6.34. The molecule has 1 aromatic heterocycles. The predicted octanol–water partition coefficient (Wildman–Crippen LogP) is 1.43. The van der Waals surface area contributed by atoms with Crippen molar-refractivity contribution in [3.05, 3.63) is 83.4 Å². The van der Waals surface area contributed by atoms with Crippen molar-refractivity contribution < 1.29 is 61.7 Å². The fourth-order valence-electron chi connectivity index (χ4n) is 4.23. The summed E-state index contributed by atoms with van der Waals surface area (Å²) in [6, 6.07) is 20.9. The average molecular weight is 607 g/mol. The second kappa shape index (κ2) is 16.5. The van der Waals surface area contributed by atoms with Crippen molar-refractivity contribution in [2.75, 3.05) is 17.2 Å². The van der Waals surface area contributed by atoms with Crippen LogP contribution in [-0.4, -0.2) is 50.8 Å². The van der Waals surface area contributed by atoms with Crippen molar-refractivity contribution in [3.8, 4) is 0 Å². The molecule has 1 amide bonds. The van der Waals surface area contributed by atoms with Crippen LogP contribution in [0.4, 0.5) is 30.5 Å². The number of aliphatic carboxylic acids is 2. The molecule has 3 aromatic carbocycles. The van der Waals surface area contributed by atoms with E-state index in [1.807, 2.05) is 61.5 Å². The summed E-state index contributed by atoms with van der Waals surface area (Å²) >= 11 is 0. The molecule has 1 heterocycles. The number of halogens is 3. The Kier molecular flexibility index (Phi) is 13.5. The summed E-state index contributed by atoms with van der Waals surface area (Å²) in [6.07, 6.45) is -3.85. The third-order valence-electron chi connectivity index (χ3n) is 6.34. The molecule has 0 bridgehead atoms. The Labute approximate surface area is 262 Å². The van der Waals surface area contributed by atoms with Crippen LogP contribution >= 0.6 is 0 Å². The van der Waals surface area contributed by atoms with Gasteiger partial charge in [-0.15, -0.1) is 0 Å². The van der Waals surface area contributed by atoms with Gasteiger partial charge in [-0.1, -0.05) is 36.4 Å². The summed E-state index contributed by atoms with van der Waals surface area (Å²) in [7, 11) is 0. The van der Waals surface area contributed by atoms with E-state index in [4.69, 9.17) is 15.0 Å². The van der Waals surface area contributed by atoms with Crippen LogP contribution in [0.2, 0.25) is 0 Å². The molecule has 0 radical (unpaired) electrons. The Morgan fingerprint density at radius 3 is 2.30 bits per heavy atom. The quantitative estimate of drug-likeness (QED) is 0.160. The molecule has 0 saturated heterocycles. The van der Waals surface area contributed by atoms with E-state index in [1.165, 1.54) is 0 Å². The molecule has 0 aliphatic heterocycles. The maximum Gasteiger partial charge on any atom is 1.00 e. The minimum absolute atomic E-state index is 0. The van der Waals surface area contributed by atoms with E-state index in [0.717, 1.165) is 33.4 Å². The number of alkyl halides is 3. The summed E-state index contributed by atoms with van der Waals surface area (Å²) in [5, 5.41) is 33.2. The number of benzene rings is 3. The predicted molar refractivity (Wildman–Crippen MR) is 152 cm³/mol. The number of H-pyrrole nitrogens is 1. The second-order valence-corrected chi connectivity index (χ2v) is 9.67. The van der Waals surface area contributed by atoms with Crippen LogP contribution in [0.15, 0.2) is 66.7 Å². The monoisotopic (exact) mass is 606 g/mol. The van der Waals surface area contributed by atoms with E-state index in [2.05, 4.69) is 20.6 Å². The minimum atomic E-state index is -5.19. The molecule has 5 N–H and O–H groups in total. The van der Waals surface area contributed by atoms with Gasteiger partial charge in [-0.2, -0.15) is 13.2 Å². The summed E-state index contributed by atoms with van der Waals surface area (Å²) in [5.74, 6) is -3.57. The number of carboxylic acids is 2. The molecule has 14 heteroatoms. The molecule has 1 atom stereocenters. The van der Waals surface area contributed by atoms with Crippen molar-refractivity contribution in [2.45, 2.75) is 44.7 Å². The zero-order chi connectivity index (χ0) is 31.6. The van der Waals surface area contributed by atoms with Gasteiger partial charge in [-0.25, -0.2) is 4.98 Å². The number of para-hydroxylation sites is 1. The Morgan fingerprint density at radius 2 is 1.70 bits per heavy atom. The fourth-order valence-corrected chi connectivity index (χ4v) is 4.23. The number of carboxylic acid groups (broad SMARTS) is 2. The Hall–Kier alpha value is -4.31. The number of aromatic amines is 1. The number of nitrogens with zero attached hydrogens (tertiary/aromatic N) is 1. The summed E-state index contributed by atoms with van der Waals surface area (Å²) in [6.45, 7) is 2.06. The van der Waals surface area contributed by atoms with Crippen molar-refractivity contribution in [2.24, 2.45) is 0 Å². The molecular formula is C30H30F3LiN4O6. The maximum atomic E-state index is 12.7. The molecule has 10 nitrogen and oxygen atoms in total. The number of imidazole rings is 1. The molecule has 4 aromatic rings. The first-order chi connectivity index (χ1) is 20.3. The first-order valence-electron chi connectivity index (χ1n) is 13.2. The Bertz CT molecular complexity index is 1560. The number of aliphatic hydroxyl groups is 1. The smallest absolute Gasteiger partial charge is 0.542 e. The number of fused-ring (bicyclic) bond motifs is 1. The van der Waals surface area contributed by atoms with E-state index >= 15 is 0 Å². The second-order valence-electron chi connectivity index (χ2n) is 9.67. The standard InChI is InChI=1S/C28H30N4O4.C2HF3O2.Li/c1-18-5-2-3-7-23(18)30-28-31-24-13-8-19(15-25(24)32-28)16-26(34)29-22-11-9-20(10-12-22)21(6-4-14-33)17-27(35)36;3-2(4,5)1(6)7;/h2-3,5,7-13,15,21,33H,4,6,14,16-17H2,1H3,(H,29,34)(H,35,36)(H2,30,31,32);(H,6,7);/q;;+1/p-1. The molecular weight excluding hydrogens is 576 g/mol. The molecule has 4 rings (SSSR count). The molecule has 0 aliphatic carbocycles. The summed E-state index contributed by atoms with van der Waals surface area (Å²) < 4.78 is 31.5. The van der Waals surface area contributed by atoms with Crippen molar-refractivity contribution >= 4 is 46.2 Å². The molecule has 0 aliphatic rings. The van der Waals surface area contributed by atoms with Crippen LogP contribution in [0.1, 0.15) is 41.9 Å². The van der Waals surface area contributed by atoms with Crippen LogP contribution in [-0.2, 0) is 20.8 Å². The van der Waals surface area contributed by atoms with E-state index in [9.17, 15) is 27.9 Å². The van der Waals surface area contributed by atoms with Gasteiger partial charge < -0.3 is 35.7 Å². The van der Waals surface area contributed by atoms with E-state index in [0.29, 0.717) is 24.5 Å². The van der Waals surface area contributed by atoms with Crippen LogP contribution in [0.5, 0.6) is 0 Å². The zero-order valence-electron chi connectivity index (χ0n) is 24.1. The normalized spacial score (nSPS) is 11.5. The van der Waals surface area contributed by atoms with Crippen LogP contribution in [0, 0.1) is 6.92 Å². The van der Waals surface area contributed by atoms with Gasteiger partial charge in [-0.05, 0) is 72.7 Å². The van der Waals surface area contributed by atoms with Crippen molar-refractivity contribution in [1.29, 1.82) is 0 Å². The third kappa shape index (κ3) is 11.1. The van der Waals surface area contributed by atoms with Gasteiger partial charge in [0.25, 0.3) is 0 Å². The van der Waals surface area contributed by atoms with Crippen LogP contribution in [0.25, 0.3) is 11.0 Å². The van der Waals surface area contributed by atoms with Gasteiger partial charge in [0.2, 0.25) is 11.9 Å². The number of hydrogen-bond acceptors (Lipinski definition) is 7. The number of carbonyl (C=O) groups is 3. The van der Waals surface area contributed by atoms with E-state index < -0.39 is 18.1 Å². The fraction of sp³-hybridized carbons (Fsp3) is 0.267. The molecule has 44 heavy (non-hydrogen) atoms. The first-order valence-corrected chi connectivity index (χ1v) is 13.2. The van der Waals surface area contributed by atoms with Gasteiger partial charge in [0.15, 0.2) is 0 Å². The number of rotatable bonds is 11. The summed E-state index contributed by atoms with van der Waals surface area (Å²) in [4.78, 5) is 40.5. The van der Waals surface area contributed by atoms with Crippen LogP contribution in [0.3, 0.4) is 0 Å². The summed E-state index contributed by atoms with van der Waals surface area (Å²) in [5.41, 5.74) is 6.12. The zero-order valence-corrected chi connectivity index (χ0v) is 24.1. The molecule has 1 unspecified atom stereocenters. The average Bonchev–Trinajstić information content (AvgIpc) is 3.34. The van der Waals surface area contributed by atoms with E-state index in [1.54, 1.807) is 12.1 Å². The number of amides is 1. The molecule has 228 valence electrons. The number of nitrogens with one attached hydrogen (secondary N) is 3. The van der Waals surface area contributed by atoms with Gasteiger partial charge >= 0.3 is 31.0 Å². The molecule has 0 saturated carbocycles. The number of aryl methyl sites for hydroxylation is 1. The first kappa shape index (κ1) is 35.9. The van der Waals surface area contributed by atoms with Crippen molar-refractivity contribution in [3.63, 3.8) is 0 Å². The van der Waals surface area contributed by atoms with Gasteiger partial charge in [0.05, 0.1) is 23.9 Å². The molecule has 0 spiro atoms. The van der Waals surface area contributed by atoms with E-state index in [-0.39, 0.29) is 50.1 Å². The number of carbonyl (C=O) groups excluding carboxylic acids is 2. The van der Waals surface area contributed by atoms with Gasteiger partial charge in [0.1, 0.15) is 5.97 Å². The minimum Gasteiger partial charge on any atom is -0.542 e. The topological polar surface area (TPSA) is 167 Å². The number of anilines is 3. The Balaban J connectivity index is 0.000000756. The van der Waals surface area contributed by atoms with Gasteiger partial charge in [0, 0.05) is 18.0 Å². The maximum absolute atomic E-state index is 12.7. The number of hydrogen-bond donors (Lipinski definition) is 5. The number of aliphatic hydroxyl groups excluding tert-OH is 1. The van der Waals surface area contributed by atoms with Crippen LogP contribution < -0.4 is 34.6 Å². The number of aromatic nitrogens is 2. The van der Waals surface area contributed by atoms with Crippen molar-refractivity contribution in [1.82, 2.24) is 9.97 Å². The molecule has 0 fully saturated rings. The Morgan fingerprint density at radius 1 is 1.05 bits per heavy atom. The van der Waals surface area contributed by atoms with Gasteiger partial charge in [-0.3, -0.25) is 9.59 Å². The SMILES string of the molecule is Cc1ccccc1Nc1nc2ccc(CC(=O)Nc3ccc(C(CCCO)CC(=O)O)cc3)cc2[nH]1.O=C([O-])C(F)(F)F.[Li+].